The van der Waals surface area contributed by atoms with Crippen molar-refractivity contribution in [3.8, 4) is 5.75 Å². The van der Waals surface area contributed by atoms with E-state index in [0.717, 1.165) is 6.42 Å². The Morgan fingerprint density at radius 2 is 1.75 bits per heavy atom. The molecule has 0 saturated heterocycles. The second kappa shape index (κ2) is 9.40. The third kappa shape index (κ3) is 6.41. The van der Waals surface area contributed by atoms with Gasteiger partial charge in [-0.15, -0.1) is 0 Å². The molecule has 0 aliphatic carbocycles. The van der Waals surface area contributed by atoms with E-state index in [1.807, 2.05) is 38.1 Å². The summed E-state index contributed by atoms with van der Waals surface area (Å²) >= 11 is 0. The molecule has 0 fully saturated rings. The van der Waals surface area contributed by atoms with E-state index in [9.17, 15) is 9.59 Å². The van der Waals surface area contributed by atoms with Crippen LogP contribution in [0.5, 0.6) is 5.75 Å². The van der Waals surface area contributed by atoms with Crippen LogP contribution in [-0.4, -0.2) is 24.5 Å². The van der Waals surface area contributed by atoms with Crippen molar-refractivity contribution in [1.29, 1.82) is 0 Å². The molecule has 0 aliphatic rings. The normalized spacial score (nSPS) is 12.2. The molecule has 0 aliphatic heterocycles. The van der Waals surface area contributed by atoms with Gasteiger partial charge in [-0.2, -0.15) is 0 Å². The molecule has 0 spiro atoms. The molecule has 1 unspecified atom stereocenters. The molecule has 150 valence electrons. The number of rotatable bonds is 7. The Labute approximate surface area is 167 Å². The van der Waals surface area contributed by atoms with E-state index in [1.54, 1.807) is 24.3 Å². The van der Waals surface area contributed by atoms with Crippen LogP contribution in [0.2, 0.25) is 0 Å². The van der Waals surface area contributed by atoms with Crippen LogP contribution < -0.4 is 15.4 Å². The number of ether oxygens (including phenoxy) is 1. The van der Waals surface area contributed by atoms with Crippen LogP contribution in [0.4, 0.5) is 5.69 Å². The van der Waals surface area contributed by atoms with Crippen LogP contribution in [0.3, 0.4) is 0 Å². The van der Waals surface area contributed by atoms with E-state index in [-0.39, 0.29) is 29.9 Å². The first kappa shape index (κ1) is 21.5. The molecule has 2 amide bonds. The molecule has 5 heteroatoms. The summed E-state index contributed by atoms with van der Waals surface area (Å²) in [4.78, 5) is 24.4. The maximum absolute atomic E-state index is 12.2. The van der Waals surface area contributed by atoms with Crippen molar-refractivity contribution in [3.63, 3.8) is 0 Å². The summed E-state index contributed by atoms with van der Waals surface area (Å²) in [6.07, 6.45) is 0.857. The van der Waals surface area contributed by atoms with Gasteiger partial charge in [-0.3, -0.25) is 9.59 Å². The molecular weight excluding hydrogens is 352 g/mol. The van der Waals surface area contributed by atoms with Gasteiger partial charge in [-0.1, -0.05) is 45.9 Å². The first-order valence-corrected chi connectivity index (χ1v) is 9.63. The third-order valence-electron chi connectivity index (χ3n) is 4.49. The lowest BCUT2D eigenvalue weighted by molar-refractivity contribution is -0.118. The Bertz CT molecular complexity index is 807. The molecule has 1 atom stereocenters. The Kier molecular flexibility index (Phi) is 7.21. The van der Waals surface area contributed by atoms with Gasteiger partial charge in [0.25, 0.3) is 11.8 Å². The van der Waals surface area contributed by atoms with E-state index in [4.69, 9.17) is 4.74 Å². The average molecular weight is 383 g/mol. The van der Waals surface area contributed by atoms with E-state index in [1.165, 1.54) is 5.56 Å². The Hall–Kier alpha value is -2.82. The molecule has 2 aromatic carbocycles. The minimum Gasteiger partial charge on any atom is -0.484 e. The Morgan fingerprint density at radius 1 is 1.07 bits per heavy atom. The van der Waals surface area contributed by atoms with Gasteiger partial charge in [0.1, 0.15) is 5.75 Å². The lowest BCUT2D eigenvalue weighted by Gasteiger charge is -2.19. The van der Waals surface area contributed by atoms with Crippen LogP contribution in [0.15, 0.2) is 48.5 Å². The van der Waals surface area contributed by atoms with E-state index < -0.39 is 0 Å². The van der Waals surface area contributed by atoms with Crippen LogP contribution in [0.1, 0.15) is 57.0 Å². The molecule has 0 saturated carbocycles. The molecular formula is C23H30N2O3. The fourth-order valence-corrected chi connectivity index (χ4v) is 2.54. The van der Waals surface area contributed by atoms with Crippen molar-refractivity contribution in [2.24, 2.45) is 0 Å². The first-order chi connectivity index (χ1) is 13.2. The van der Waals surface area contributed by atoms with Gasteiger partial charge < -0.3 is 15.4 Å². The number of anilines is 1. The summed E-state index contributed by atoms with van der Waals surface area (Å²) < 4.78 is 5.56. The van der Waals surface area contributed by atoms with Crippen LogP contribution in [0.25, 0.3) is 0 Å². The zero-order valence-electron chi connectivity index (χ0n) is 17.3. The van der Waals surface area contributed by atoms with Gasteiger partial charge in [0.05, 0.1) is 0 Å². The van der Waals surface area contributed by atoms with Gasteiger partial charge in [-0.05, 0) is 54.7 Å². The van der Waals surface area contributed by atoms with Crippen molar-refractivity contribution in [3.05, 3.63) is 59.7 Å². The van der Waals surface area contributed by atoms with Crippen LogP contribution in [0, 0.1) is 0 Å². The van der Waals surface area contributed by atoms with Crippen molar-refractivity contribution in [2.45, 2.75) is 52.5 Å². The molecule has 0 aromatic heterocycles. The topological polar surface area (TPSA) is 67.4 Å². The van der Waals surface area contributed by atoms with Gasteiger partial charge in [0.15, 0.2) is 6.61 Å². The largest absolute Gasteiger partial charge is 0.484 e. The lowest BCUT2D eigenvalue weighted by atomic mass is 9.87. The maximum atomic E-state index is 12.2. The molecule has 28 heavy (non-hydrogen) atoms. The lowest BCUT2D eigenvalue weighted by Crippen LogP contribution is -2.32. The number of amides is 2. The number of carbonyl (C=O) groups excluding carboxylic acids is 2. The third-order valence-corrected chi connectivity index (χ3v) is 4.49. The fraction of sp³-hybridized carbons (Fsp3) is 0.391. The number of hydrogen-bond acceptors (Lipinski definition) is 3. The maximum Gasteiger partial charge on any atom is 0.262 e. The predicted octanol–water partition coefficient (Wildman–Crippen LogP) is 4.53. The quantitative estimate of drug-likeness (QED) is 0.739. The van der Waals surface area contributed by atoms with Gasteiger partial charge >= 0.3 is 0 Å². The smallest absolute Gasteiger partial charge is 0.262 e. The van der Waals surface area contributed by atoms with Gasteiger partial charge in [0.2, 0.25) is 0 Å². The standard InChI is InChI=1S/C23H30N2O3/c1-6-16(2)24-22(27)17-8-7-9-19(14-17)25-21(26)15-28-20-12-10-18(11-13-20)23(3,4)5/h7-14,16H,6,15H2,1-5H3,(H,24,27)(H,25,26). The highest BCUT2D eigenvalue weighted by Crippen LogP contribution is 2.24. The monoisotopic (exact) mass is 382 g/mol. The molecule has 5 nitrogen and oxygen atoms in total. The van der Waals surface area contributed by atoms with Crippen molar-refractivity contribution < 1.29 is 14.3 Å². The van der Waals surface area contributed by atoms with Crippen LogP contribution >= 0.6 is 0 Å². The SMILES string of the molecule is CCC(C)NC(=O)c1cccc(NC(=O)COc2ccc(C(C)(C)C)cc2)c1. The number of carbonyl (C=O) groups is 2. The molecule has 2 N–H and O–H groups in total. The van der Waals surface area contributed by atoms with Gasteiger partial charge in [0, 0.05) is 17.3 Å². The summed E-state index contributed by atoms with van der Waals surface area (Å²) in [7, 11) is 0. The average Bonchev–Trinajstić information content (AvgIpc) is 2.66. The molecule has 0 heterocycles. The molecule has 0 bridgehead atoms. The highest BCUT2D eigenvalue weighted by atomic mass is 16.5. The second-order valence-electron chi connectivity index (χ2n) is 7.97. The molecule has 0 radical (unpaired) electrons. The van der Waals surface area contributed by atoms with E-state index >= 15 is 0 Å². The number of hydrogen-bond donors (Lipinski definition) is 2. The predicted molar refractivity (Wildman–Crippen MR) is 113 cm³/mol. The van der Waals surface area contributed by atoms with Crippen molar-refractivity contribution >= 4 is 17.5 Å². The zero-order chi connectivity index (χ0) is 20.7. The highest BCUT2D eigenvalue weighted by Gasteiger charge is 2.13. The molecule has 2 rings (SSSR count). The second-order valence-corrected chi connectivity index (χ2v) is 7.97. The minimum atomic E-state index is -0.278. The summed E-state index contributed by atoms with van der Waals surface area (Å²) in [6, 6.07) is 14.7. The number of benzene rings is 2. The number of nitrogens with one attached hydrogen (secondary N) is 2. The summed E-state index contributed by atoms with van der Waals surface area (Å²) in [5.41, 5.74) is 2.35. The van der Waals surface area contributed by atoms with Crippen LogP contribution in [-0.2, 0) is 10.2 Å². The first-order valence-electron chi connectivity index (χ1n) is 9.63. The highest BCUT2D eigenvalue weighted by molar-refractivity contribution is 5.97. The Balaban J connectivity index is 1.91. The van der Waals surface area contributed by atoms with Gasteiger partial charge in [-0.25, -0.2) is 0 Å². The van der Waals surface area contributed by atoms with E-state index in [2.05, 4.69) is 31.4 Å². The van der Waals surface area contributed by atoms with Crippen molar-refractivity contribution in [2.75, 3.05) is 11.9 Å². The van der Waals surface area contributed by atoms with Crippen molar-refractivity contribution in [1.82, 2.24) is 5.32 Å². The minimum absolute atomic E-state index is 0.0716. The molecule has 2 aromatic rings. The Morgan fingerprint density at radius 3 is 2.36 bits per heavy atom. The summed E-state index contributed by atoms with van der Waals surface area (Å²) in [5, 5.41) is 5.68. The summed E-state index contributed by atoms with van der Waals surface area (Å²) in [6.45, 7) is 10.3. The fourth-order valence-electron chi connectivity index (χ4n) is 2.54. The zero-order valence-corrected chi connectivity index (χ0v) is 17.3. The van der Waals surface area contributed by atoms with E-state index in [0.29, 0.717) is 17.0 Å². The summed E-state index contributed by atoms with van der Waals surface area (Å²) in [5.74, 6) is 0.213.